The Morgan fingerprint density at radius 1 is 1.43 bits per heavy atom. The molecule has 0 aliphatic carbocycles. The minimum atomic E-state index is -0.0135. The van der Waals surface area contributed by atoms with E-state index in [-0.39, 0.29) is 11.9 Å². The molecular weight excluding hydrogens is 272 g/mol. The van der Waals surface area contributed by atoms with E-state index in [1.807, 2.05) is 11.8 Å². The van der Waals surface area contributed by atoms with Crippen molar-refractivity contribution < 1.29 is 9.53 Å². The van der Waals surface area contributed by atoms with Crippen LogP contribution in [0.25, 0.3) is 0 Å². The number of ether oxygens (including phenoxy) is 1. The first-order chi connectivity index (χ1) is 10.1. The van der Waals surface area contributed by atoms with Crippen LogP contribution in [-0.2, 0) is 4.79 Å². The molecule has 1 aliphatic rings. The lowest BCUT2D eigenvalue weighted by Gasteiger charge is -2.17. The molecular formula is C13H22N6O2. The molecule has 1 saturated heterocycles. The van der Waals surface area contributed by atoms with Gasteiger partial charge in [0.2, 0.25) is 17.8 Å². The zero-order valence-corrected chi connectivity index (χ0v) is 12.7. The standard InChI is InChI=1S/C13H22N6O2/c1-4-7-21-13-17-11(14-3)16-12(18-13)19-6-5-10(8-19)15-9(2)20/h10H,4-8H2,1-3H3,(H,15,20)(H,14,16,17,18). The minimum absolute atomic E-state index is 0.0135. The van der Waals surface area contributed by atoms with E-state index in [0.29, 0.717) is 31.1 Å². The predicted molar refractivity (Wildman–Crippen MR) is 79.6 cm³/mol. The predicted octanol–water partition coefficient (Wildman–Crippen LogP) is 0.417. The van der Waals surface area contributed by atoms with Gasteiger partial charge in [-0.3, -0.25) is 4.79 Å². The smallest absolute Gasteiger partial charge is 0.323 e. The first-order valence-electron chi connectivity index (χ1n) is 7.21. The van der Waals surface area contributed by atoms with E-state index < -0.39 is 0 Å². The summed E-state index contributed by atoms with van der Waals surface area (Å²) in [5, 5.41) is 5.83. The Balaban J connectivity index is 2.10. The number of carbonyl (C=O) groups excluding carboxylic acids is 1. The van der Waals surface area contributed by atoms with Crippen LogP contribution in [0.15, 0.2) is 0 Å². The van der Waals surface area contributed by atoms with Crippen LogP contribution >= 0.6 is 0 Å². The normalized spacial score (nSPS) is 17.7. The fourth-order valence-electron chi connectivity index (χ4n) is 2.20. The quantitative estimate of drug-likeness (QED) is 0.785. The van der Waals surface area contributed by atoms with Gasteiger partial charge in [-0.2, -0.15) is 15.0 Å². The highest BCUT2D eigenvalue weighted by Crippen LogP contribution is 2.19. The van der Waals surface area contributed by atoms with Crippen LogP contribution in [0.4, 0.5) is 11.9 Å². The molecule has 8 nitrogen and oxygen atoms in total. The summed E-state index contributed by atoms with van der Waals surface area (Å²) in [6, 6.07) is 0.464. The summed E-state index contributed by atoms with van der Waals surface area (Å²) in [7, 11) is 1.76. The zero-order valence-electron chi connectivity index (χ0n) is 12.7. The molecule has 1 aromatic rings. The fourth-order valence-corrected chi connectivity index (χ4v) is 2.20. The molecule has 116 valence electrons. The van der Waals surface area contributed by atoms with Gasteiger partial charge < -0.3 is 20.3 Å². The minimum Gasteiger partial charge on any atom is -0.463 e. The molecule has 0 radical (unpaired) electrons. The zero-order chi connectivity index (χ0) is 15.2. The van der Waals surface area contributed by atoms with Crippen molar-refractivity contribution in [2.45, 2.75) is 32.7 Å². The van der Waals surface area contributed by atoms with Crippen LogP contribution in [0.5, 0.6) is 6.01 Å². The van der Waals surface area contributed by atoms with Gasteiger partial charge in [0.1, 0.15) is 0 Å². The molecule has 2 N–H and O–H groups in total. The van der Waals surface area contributed by atoms with E-state index in [9.17, 15) is 4.79 Å². The molecule has 1 aromatic heterocycles. The Morgan fingerprint density at radius 3 is 2.90 bits per heavy atom. The van der Waals surface area contributed by atoms with Crippen LogP contribution in [0.2, 0.25) is 0 Å². The number of anilines is 2. The summed E-state index contributed by atoms with van der Waals surface area (Å²) in [4.78, 5) is 26.0. The van der Waals surface area contributed by atoms with Crippen molar-refractivity contribution in [2.75, 3.05) is 37.0 Å². The van der Waals surface area contributed by atoms with Gasteiger partial charge in [0.25, 0.3) is 0 Å². The van der Waals surface area contributed by atoms with Crippen LogP contribution in [0, 0.1) is 0 Å². The molecule has 0 saturated carbocycles. The molecule has 2 heterocycles. The van der Waals surface area contributed by atoms with Crippen molar-refractivity contribution in [1.82, 2.24) is 20.3 Å². The van der Waals surface area contributed by atoms with E-state index in [0.717, 1.165) is 19.4 Å². The van der Waals surface area contributed by atoms with E-state index in [4.69, 9.17) is 4.74 Å². The van der Waals surface area contributed by atoms with E-state index >= 15 is 0 Å². The van der Waals surface area contributed by atoms with Gasteiger partial charge in [-0.1, -0.05) is 6.92 Å². The Bertz CT molecular complexity index is 496. The third-order valence-electron chi connectivity index (χ3n) is 3.14. The number of nitrogens with zero attached hydrogens (tertiary/aromatic N) is 4. The molecule has 8 heteroatoms. The Kier molecular flexibility index (Phi) is 5.13. The fraction of sp³-hybridized carbons (Fsp3) is 0.692. The summed E-state index contributed by atoms with van der Waals surface area (Å²) >= 11 is 0. The third-order valence-corrected chi connectivity index (χ3v) is 3.14. The number of nitrogens with one attached hydrogen (secondary N) is 2. The van der Waals surface area contributed by atoms with Gasteiger partial charge in [-0.05, 0) is 12.8 Å². The highest BCUT2D eigenvalue weighted by Gasteiger charge is 2.25. The van der Waals surface area contributed by atoms with Crippen molar-refractivity contribution in [3.63, 3.8) is 0 Å². The van der Waals surface area contributed by atoms with Crippen molar-refractivity contribution in [2.24, 2.45) is 0 Å². The second-order valence-corrected chi connectivity index (χ2v) is 4.97. The topological polar surface area (TPSA) is 92.3 Å². The van der Waals surface area contributed by atoms with Gasteiger partial charge >= 0.3 is 6.01 Å². The number of hydrogen-bond acceptors (Lipinski definition) is 7. The average Bonchev–Trinajstić information content (AvgIpc) is 2.92. The molecule has 0 bridgehead atoms. The van der Waals surface area contributed by atoms with Crippen LogP contribution < -0.4 is 20.3 Å². The summed E-state index contributed by atoms with van der Waals surface area (Å²) < 4.78 is 5.49. The van der Waals surface area contributed by atoms with Gasteiger partial charge in [0.05, 0.1) is 6.61 Å². The molecule has 1 amide bonds. The van der Waals surface area contributed by atoms with Crippen LogP contribution in [0.3, 0.4) is 0 Å². The number of aromatic nitrogens is 3. The maximum Gasteiger partial charge on any atom is 0.323 e. The molecule has 1 aliphatic heterocycles. The van der Waals surface area contributed by atoms with Crippen LogP contribution in [0.1, 0.15) is 26.7 Å². The number of amides is 1. The van der Waals surface area contributed by atoms with Gasteiger partial charge in [0.15, 0.2) is 0 Å². The first-order valence-corrected chi connectivity index (χ1v) is 7.21. The van der Waals surface area contributed by atoms with Crippen molar-refractivity contribution in [3.8, 4) is 6.01 Å². The summed E-state index contributed by atoms with van der Waals surface area (Å²) in [6.07, 6.45) is 1.77. The second-order valence-electron chi connectivity index (χ2n) is 4.97. The number of rotatable bonds is 6. The Hall–Kier alpha value is -2.12. The van der Waals surface area contributed by atoms with E-state index in [1.54, 1.807) is 7.05 Å². The average molecular weight is 294 g/mol. The highest BCUT2D eigenvalue weighted by molar-refractivity contribution is 5.73. The summed E-state index contributed by atoms with van der Waals surface area (Å²) in [6.45, 7) is 5.62. The highest BCUT2D eigenvalue weighted by atomic mass is 16.5. The Labute approximate surface area is 124 Å². The van der Waals surface area contributed by atoms with Crippen molar-refractivity contribution >= 4 is 17.8 Å². The van der Waals surface area contributed by atoms with Crippen LogP contribution in [-0.4, -0.2) is 53.6 Å². The van der Waals surface area contributed by atoms with Crippen molar-refractivity contribution in [3.05, 3.63) is 0 Å². The molecule has 2 rings (SSSR count). The Morgan fingerprint density at radius 2 is 2.24 bits per heavy atom. The largest absolute Gasteiger partial charge is 0.463 e. The second kappa shape index (κ2) is 7.05. The number of hydrogen-bond donors (Lipinski definition) is 2. The molecule has 0 spiro atoms. The number of carbonyl (C=O) groups is 1. The van der Waals surface area contributed by atoms with E-state index in [1.165, 1.54) is 6.92 Å². The maximum absolute atomic E-state index is 11.1. The third kappa shape index (κ3) is 4.17. The molecule has 1 unspecified atom stereocenters. The maximum atomic E-state index is 11.1. The molecule has 21 heavy (non-hydrogen) atoms. The van der Waals surface area contributed by atoms with Crippen molar-refractivity contribution in [1.29, 1.82) is 0 Å². The van der Waals surface area contributed by atoms with Gasteiger partial charge in [-0.15, -0.1) is 0 Å². The SMILES string of the molecule is CCCOc1nc(NC)nc(N2CCC(NC(C)=O)C2)n1. The van der Waals surface area contributed by atoms with Gasteiger partial charge in [0, 0.05) is 33.1 Å². The molecule has 0 aromatic carbocycles. The molecule has 1 fully saturated rings. The summed E-state index contributed by atoms with van der Waals surface area (Å²) in [5.74, 6) is 1.04. The van der Waals surface area contributed by atoms with E-state index in [2.05, 4.69) is 25.6 Å². The first kappa shape index (κ1) is 15.3. The summed E-state index contributed by atoms with van der Waals surface area (Å²) in [5.41, 5.74) is 0. The molecule has 1 atom stereocenters. The lowest BCUT2D eigenvalue weighted by atomic mass is 10.3. The van der Waals surface area contributed by atoms with Gasteiger partial charge in [-0.25, -0.2) is 0 Å². The lowest BCUT2D eigenvalue weighted by molar-refractivity contribution is -0.119. The lowest BCUT2D eigenvalue weighted by Crippen LogP contribution is -2.36. The monoisotopic (exact) mass is 294 g/mol.